The standard InChI is InChI=1S/C13H16BrNO2/c1-7-9(13(3-4-13)8(2)15)5-10-12(11(7)14)17-6-16-10/h5,8H,3-4,6,15H2,1-2H3. The van der Waals surface area contributed by atoms with Gasteiger partial charge in [0, 0.05) is 11.5 Å². The van der Waals surface area contributed by atoms with Gasteiger partial charge in [0.05, 0.1) is 4.47 Å². The Labute approximate surface area is 109 Å². The summed E-state index contributed by atoms with van der Waals surface area (Å²) in [6.45, 7) is 4.51. The molecule has 1 fully saturated rings. The van der Waals surface area contributed by atoms with E-state index >= 15 is 0 Å². The van der Waals surface area contributed by atoms with Gasteiger partial charge < -0.3 is 15.2 Å². The fraction of sp³-hybridized carbons (Fsp3) is 0.538. The fourth-order valence-corrected chi connectivity index (χ4v) is 3.24. The van der Waals surface area contributed by atoms with Crippen molar-refractivity contribution in [2.45, 2.75) is 38.1 Å². The molecule has 4 heteroatoms. The van der Waals surface area contributed by atoms with Crippen molar-refractivity contribution in [3.8, 4) is 11.5 Å². The first-order chi connectivity index (χ1) is 8.06. The molecule has 0 amide bonds. The molecule has 1 aromatic rings. The van der Waals surface area contributed by atoms with E-state index in [1.165, 1.54) is 11.1 Å². The Hall–Kier alpha value is -0.740. The molecule has 2 N–H and O–H groups in total. The molecule has 17 heavy (non-hydrogen) atoms. The van der Waals surface area contributed by atoms with Gasteiger partial charge in [0.1, 0.15) is 0 Å². The van der Waals surface area contributed by atoms with Crippen molar-refractivity contribution in [2.75, 3.05) is 6.79 Å². The molecule has 1 heterocycles. The van der Waals surface area contributed by atoms with Crippen molar-refractivity contribution in [1.29, 1.82) is 0 Å². The summed E-state index contributed by atoms with van der Waals surface area (Å²) in [5.74, 6) is 1.66. The van der Waals surface area contributed by atoms with Crippen molar-refractivity contribution in [2.24, 2.45) is 5.73 Å². The third-order valence-electron chi connectivity index (χ3n) is 4.05. The Bertz CT molecular complexity index is 481. The zero-order valence-corrected chi connectivity index (χ0v) is 11.6. The summed E-state index contributed by atoms with van der Waals surface area (Å²) < 4.78 is 12.0. The predicted octanol–water partition coefficient (Wildman–Crippen LogP) is 2.87. The average Bonchev–Trinajstić information content (AvgIpc) is 2.97. The van der Waals surface area contributed by atoms with Gasteiger partial charge in [0.15, 0.2) is 11.5 Å². The van der Waals surface area contributed by atoms with E-state index in [2.05, 4.69) is 35.8 Å². The number of halogens is 1. The van der Waals surface area contributed by atoms with E-state index in [4.69, 9.17) is 15.2 Å². The predicted molar refractivity (Wildman–Crippen MR) is 69.6 cm³/mol. The Kier molecular flexibility index (Phi) is 2.42. The molecule has 3 rings (SSSR count). The zero-order chi connectivity index (χ0) is 12.2. The highest BCUT2D eigenvalue weighted by molar-refractivity contribution is 9.10. The van der Waals surface area contributed by atoms with E-state index in [-0.39, 0.29) is 11.5 Å². The number of benzene rings is 1. The van der Waals surface area contributed by atoms with E-state index in [1.807, 2.05) is 0 Å². The molecule has 1 atom stereocenters. The van der Waals surface area contributed by atoms with Crippen molar-refractivity contribution in [1.82, 2.24) is 0 Å². The number of rotatable bonds is 2. The molecule has 0 aromatic heterocycles. The van der Waals surface area contributed by atoms with E-state index in [0.717, 1.165) is 28.8 Å². The van der Waals surface area contributed by atoms with E-state index in [0.29, 0.717) is 6.79 Å². The minimum Gasteiger partial charge on any atom is -0.454 e. The summed E-state index contributed by atoms with van der Waals surface area (Å²) in [4.78, 5) is 0. The molecule has 2 aliphatic rings. The van der Waals surface area contributed by atoms with Crippen LogP contribution in [0, 0.1) is 6.92 Å². The average molecular weight is 298 g/mol. The Morgan fingerprint density at radius 3 is 2.71 bits per heavy atom. The minimum atomic E-state index is 0.146. The Morgan fingerprint density at radius 1 is 1.41 bits per heavy atom. The molecule has 0 radical (unpaired) electrons. The molecular formula is C13H16BrNO2. The van der Waals surface area contributed by atoms with Gasteiger partial charge >= 0.3 is 0 Å². The minimum absolute atomic E-state index is 0.146. The lowest BCUT2D eigenvalue weighted by Crippen LogP contribution is -2.32. The van der Waals surface area contributed by atoms with Gasteiger partial charge in [0.2, 0.25) is 6.79 Å². The van der Waals surface area contributed by atoms with Gasteiger partial charge in [-0.2, -0.15) is 0 Å². The van der Waals surface area contributed by atoms with Gasteiger partial charge in [-0.05, 0) is 59.8 Å². The van der Waals surface area contributed by atoms with Gasteiger partial charge in [0.25, 0.3) is 0 Å². The van der Waals surface area contributed by atoms with Gasteiger partial charge in [-0.1, -0.05) is 0 Å². The first-order valence-corrected chi connectivity index (χ1v) is 6.70. The lowest BCUT2D eigenvalue weighted by molar-refractivity contribution is 0.173. The molecule has 0 spiro atoms. The van der Waals surface area contributed by atoms with Crippen LogP contribution in [0.25, 0.3) is 0 Å². The van der Waals surface area contributed by atoms with Crippen LogP contribution in [-0.4, -0.2) is 12.8 Å². The Balaban J connectivity index is 2.16. The van der Waals surface area contributed by atoms with E-state index in [9.17, 15) is 0 Å². The van der Waals surface area contributed by atoms with Crippen LogP contribution in [-0.2, 0) is 5.41 Å². The molecule has 1 aliphatic heterocycles. The van der Waals surface area contributed by atoms with Crippen LogP contribution in [0.3, 0.4) is 0 Å². The molecular weight excluding hydrogens is 282 g/mol. The fourth-order valence-electron chi connectivity index (χ4n) is 2.72. The molecule has 3 nitrogen and oxygen atoms in total. The third kappa shape index (κ3) is 1.50. The molecule has 1 aliphatic carbocycles. The van der Waals surface area contributed by atoms with Crippen molar-refractivity contribution in [3.63, 3.8) is 0 Å². The normalized spacial score (nSPS) is 21.4. The number of hydrogen-bond acceptors (Lipinski definition) is 3. The second-order valence-electron chi connectivity index (χ2n) is 5.04. The van der Waals surface area contributed by atoms with E-state index in [1.54, 1.807) is 0 Å². The SMILES string of the molecule is Cc1c(C2(C(C)N)CC2)cc2c(c1Br)OCO2. The summed E-state index contributed by atoms with van der Waals surface area (Å²) in [6, 6.07) is 2.28. The summed E-state index contributed by atoms with van der Waals surface area (Å²) in [5, 5.41) is 0. The first-order valence-electron chi connectivity index (χ1n) is 5.91. The van der Waals surface area contributed by atoms with Gasteiger partial charge in [-0.15, -0.1) is 0 Å². The summed E-state index contributed by atoms with van der Waals surface area (Å²) in [7, 11) is 0. The summed E-state index contributed by atoms with van der Waals surface area (Å²) in [5.41, 5.74) is 8.82. The van der Waals surface area contributed by atoms with Crippen LogP contribution in [0.4, 0.5) is 0 Å². The monoisotopic (exact) mass is 297 g/mol. The van der Waals surface area contributed by atoms with Gasteiger partial charge in [-0.3, -0.25) is 0 Å². The summed E-state index contributed by atoms with van der Waals surface area (Å²) in [6.07, 6.45) is 2.33. The van der Waals surface area contributed by atoms with Crippen molar-refractivity contribution < 1.29 is 9.47 Å². The maximum atomic E-state index is 6.14. The highest BCUT2D eigenvalue weighted by Crippen LogP contribution is 2.55. The lowest BCUT2D eigenvalue weighted by Gasteiger charge is -2.23. The molecule has 92 valence electrons. The quantitative estimate of drug-likeness (QED) is 0.913. The highest BCUT2D eigenvalue weighted by Gasteiger charge is 2.49. The molecule has 1 unspecified atom stereocenters. The smallest absolute Gasteiger partial charge is 0.231 e. The molecule has 1 saturated carbocycles. The van der Waals surface area contributed by atoms with Crippen molar-refractivity contribution in [3.05, 3.63) is 21.7 Å². The van der Waals surface area contributed by atoms with E-state index < -0.39 is 0 Å². The number of fused-ring (bicyclic) bond motifs is 1. The zero-order valence-electron chi connectivity index (χ0n) is 10.0. The maximum Gasteiger partial charge on any atom is 0.231 e. The third-order valence-corrected chi connectivity index (χ3v) is 5.00. The van der Waals surface area contributed by atoms with Crippen LogP contribution >= 0.6 is 15.9 Å². The van der Waals surface area contributed by atoms with Gasteiger partial charge in [-0.25, -0.2) is 0 Å². The van der Waals surface area contributed by atoms with Crippen LogP contribution in [0.1, 0.15) is 30.9 Å². The van der Waals surface area contributed by atoms with Crippen LogP contribution < -0.4 is 15.2 Å². The second-order valence-corrected chi connectivity index (χ2v) is 5.83. The number of hydrogen-bond donors (Lipinski definition) is 1. The van der Waals surface area contributed by atoms with Crippen LogP contribution in [0.2, 0.25) is 0 Å². The second kappa shape index (κ2) is 3.62. The molecule has 0 saturated heterocycles. The molecule has 0 bridgehead atoms. The number of nitrogens with two attached hydrogens (primary N) is 1. The maximum absolute atomic E-state index is 6.14. The number of ether oxygens (including phenoxy) is 2. The molecule has 1 aromatic carbocycles. The van der Waals surface area contributed by atoms with Crippen LogP contribution in [0.15, 0.2) is 10.5 Å². The highest BCUT2D eigenvalue weighted by atomic mass is 79.9. The largest absolute Gasteiger partial charge is 0.454 e. The van der Waals surface area contributed by atoms with Crippen molar-refractivity contribution >= 4 is 15.9 Å². The summed E-state index contributed by atoms with van der Waals surface area (Å²) >= 11 is 3.61. The lowest BCUT2D eigenvalue weighted by atomic mass is 9.86. The van der Waals surface area contributed by atoms with Crippen LogP contribution in [0.5, 0.6) is 11.5 Å². The topological polar surface area (TPSA) is 44.5 Å². The Morgan fingerprint density at radius 2 is 2.12 bits per heavy atom. The first kappa shape index (κ1) is 11.4.